The van der Waals surface area contributed by atoms with Gasteiger partial charge in [-0.25, -0.2) is 4.79 Å². The highest BCUT2D eigenvalue weighted by Gasteiger charge is 2.34. The molecule has 1 aliphatic rings. The summed E-state index contributed by atoms with van der Waals surface area (Å²) in [7, 11) is 0. The van der Waals surface area contributed by atoms with Gasteiger partial charge in [0.15, 0.2) is 0 Å². The zero-order chi connectivity index (χ0) is 23.4. The molecule has 2 atom stereocenters. The van der Waals surface area contributed by atoms with Gasteiger partial charge < -0.3 is 10.1 Å². The number of nitrogens with one attached hydrogen (secondary N) is 1. The first-order chi connectivity index (χ1) is 16.0. The Labute approximate surface area is 193 Å². The number of nitrogens with zero attached hydrogens (tertiary/aromatic N) is 4. The highest BCUT2D eigenvalue weighted by atomic mass is 16.6. The van der Waals surface area contributed by atoms with Gasteiger partial charge in [-0.3, -0.25) is 24.6 Å². The lowest BCUT2D eigenvalue weighted by Gasteiger charge is -2.23. The molecule has 33 heavy (non-hydrogen) atoms. The lowest BCUT2D eigenvalue weighted by molar-refractivity contribution is 0.0939. The lowest BCUT2D eigenvalue weighted by Crippen LogP contribution is -2.34. The topological polar surface area (TPSA) is 97.3 Å². The van der Waals surface area contributed by atoms with Gasteiger partial charge in [-0.15, -0.1) is 0 Å². The summed E-state index contributed by atoms with van der Waals surface area (Å²) in [5, 5.41) is 2.97. The minimum absolute atomic E-state index is 0.0712. The number of rotatable bonds is 7. The van der Waals surface area contributed by atoms with Crippen molar-refractivity contribution in [1.29, 1.82) is 0 Å². The van der Waals surface area contributed by atoms with E-state index in [4.69, 9.17) is 4.74 Å². The first kappa shape index (κ1) is 22.4. The Morgan fingerprint density at radius 2 is 2.06 bits per heavy atom. The van der Waals surface area contributed by atoms with Crippen molar-refractivity contribution in [2.45, 2.75) is 45.7 Å². The van der Waals surface area contributed by atoms with Gasteiger partial charge in [0.25, 0.3) is 5.91 Å². The van der Waals surface area contributed by atoms with Crippen molar-refractivity contribution in [3.8, 4) is 11.3 Å². The summed E-state index contributed by atoms with van der Waals surface area (Å²) in [6.45, 7) is 6.23. The largest absolute Gasteiger partial charge is 0.447 e. The highest BCUT2D eigenvalue weighted by Crippen LogP contribution is 2.31. The Morgan fingerprint density at radius 3 is 2.76 bits per heavy atom. The zero-order valence-corrected chi connectivity index (χ0v) is 19.0. The normalized spacial score (nSPS) is 16.4. The van der Waals surface area contributed by atoms with E-state index in [1.165, 1.54) is 0 Å². The van der Waals surface area contributed by atoms with Gasteiger partial charge in [0.1, 0.15) is 6.61 Å². The number of hydrogen-bond donors (Lipinski definition) is 1. The maximum atomic E-state index is 13.2. The van der Waals surface area contributed by atoms with Gasteiger partial charge in [0, 0.05) is 35.4 Å². The molecule has 4 rings (SSSR count). The molecule has 3 heterocycles. The molecule has 1 fully saturated rings. The Bertz CT molecular complexity index is 1130. The van der Waals surface area contributed by atoms with E-state index in [9.17, 15) is 9.59 Å². The van der Waals surface area contributed by atoms with Crippen LogP contribution in [-0.2, 0) is 4.74 Å². The fourth-order valence-corrected chi connectivity index (χ4v) is 3.88. The van der Waals surface area contributed by atoms with Crippen LogP contribution in [0.1, 0.15) is 54.3 Å². The minimum Gasteiger partial charge on any atom is -0.447 e. The highest BCUT2D eigenvalue weighted by molar-refractivity contribution is 5.99. The Morgan fingerprint density at radius 1 is 1.21 bits per heavy atom. The average molecular weight is 446 g/mol. The van der Waals surface area contributed by atoms with Crippen molar-refractivity contribution in [1.82, 2.24) is 20.3 Å². The molecule has 8 nitrogen and oxygen atoms in total. The smallest absolute Gasteiger partial charge is 0.414 e. The van der Waals surface area contributed by atoms with Crippen molar-refractivity contribution in [2.24, 2.45) is 0 Å². The molecule has 0 radical (unpaired) electrons. The number of aromatic nitrogens is 3. The minimum atomic E-state index is -0.401. The second-order valence-corrected chi connectivity index (χ2v) is 8.20. The standard InChI is InChI=1S/C25H27N5O3/c1-4-5-20-15-33-25(32)30(20)21-11-18(22-7-6-16(2)13-28-22)10-19(12-21)24(31)29-17(3)23-14-26-8-9-27-23/h6-14,17,20H,4-5,15H2,1-3H3,(H,29,31). The monoisotopic (exact) mass is 445 g/mol. The number of amides is 2. The number of carbonyl (C=O) groups is 2. The Kier molecular flexibility index (Phi) is 6.63. The summed E-state index contributed by atoms with van der Waals surface area (Å²) in [5.74, 6) is -0.275. The van der Waals surface area contributed by atoms with E-state index < -0.39 is 6.09 Å². The van der Waals surface area contributed by atoms with Crippen LogP contribution in [0.2, 0.25) is 0 Å². The van der Waals surface area contributed by atoms with E-state index in [-0.39, 0.29) is 18.0 Å². The second-order valence-electron chi connectivity index (χ2n) is 8.20. The molecule has 3 aromatic rings. The van der Waals surface area contributed by atoms with Crippen molar-refractivity contribution in [2.75, 3.05) is 11.5 Å². The number of ether oxygens (including phenoxy) is 1. The molecule has 8 heteroatoms. The third-order valence-electron chi connectivity index (χ3n) is 5.62. The van der Waals surface area contributed by atoms with E-state index in [0.717, 1.165) is 29.7 Å². The molecular formula is C25H27N5O3. The molecule has 2 amide bonds. The van der Waals surface area contributed by atoms with E-state index in [1.807, 2.05) is 32.0 Å². The van der Waals surface area contributed by atoms with Gasteiger partial charge in [-0.1, -0.05) is 19.4 Å². The van der Waals surface area contributed by atoms with Gasteiger partial charge in [-0.2, -0.15) is 0 Å². The van der Waals surface area contributed by atoms with Gasteiger partial charge >= 0.3 is 6.09 Å². The lowest BCUT2D eigenvalue weighted by atomic mass is 10.0. The number of cyclic esters (lactones) is 1. The zero-order valence-electron chi connectivity index (χ0n) is 19.0. The van der Waals surface area contributed by atoms with Crippen LogP contribution in [0.3, 0.4) is 0 Å². The Balaban J connectivity index is 1.72. The predicted molar refractivity (Wildman–Crippen MR) is 125 cm³/mol. The summed E-state index contributed by atoms with van der Waals surface area (Å²) >= 11 is 0. The van der Waals surface area contributed by atoms with Crippen LogP contribution in [0.4, 0.5) is 10.5 Å². The van der Waals surface area contributed by atoms with E-state index in [1.54, 1.807) is 41.8 Å². The molecule has 0 aliphatic carbocycles. The number of carbonyl (C=O) groups excluding carboxylic acids is 2. The number of anilines is 1. The van der Waals surface area contributed by atoms with Crippen LogP contribution in [0.5, 0.6) is 0 Å². The molecule has 1 N–H and O–H groups in total. The predicted octanol–water partition coefficient (Wildman–Crippen LogP) is 4.46. The second kappa shape index (κ2) is 9.77. The quantitative estimate of drug-likeness (QED) is 0.577. The van der Waals surface area contributed by atoms with Crippen LogP contribution in [0.15, 0.2) is 55.1 Å². The van der Waals surface area contributed by atoms with Crippen molar-refractivity contribution in [3.63, 3.8) is 0 Å². The molecule has 0 saturated carbocycles. The molecule has 2 aromatic heterocycles. The van der Waals surface area contributed by atoms with Crippen LogP contribution in [0, 0.1) is 6.92 Å². The third-order valence-corrected chi connectivity index (χ3v) is 5.62. The van der Waals surface area contributed by atoms with Crippen LogP contribution in [0.25, 0.3) is 11.3 Å². The fraction of sp³-hybridized carbons (Fsp3) is 0.320. The summed E-state index contributed by atoms with van der Waals surface area (Å²) < 4.78 is 5.32. The van der Waals surface area contributed by atoms with Crippen LogP contribution in [-0.4, -0.2) is 39.6 Å². The molecule has 1 aliphatic heterocycles. The van der Waals surface area contributed by atoms with Crippen molar-refractivity contribution >= 4 is 17.7 Å². The van der Waals surface area contributed by atoms with E-state index in [0.29, 0.717) is 23.6 Å². The number of pyridine rings is 1. The van der Waals surface area contributed by atoms with Crippen molar-refractivity contribution in [3.05, 3.63) is 71.9 Å². The van der Waals surface area contributed by atoms with Gasteiger partial charge in [-0.05, 0) is 50.1 Å². The SMILES string of the molecule is CCCC1COC(=O)N1c1cc(C(=O)NC(C)c2cnccn2)cc(-c2ccc(C)cn2)c1. The number of hydrogen-bond acceptors (Lipinski definition) is 6. The molecule has 170 valence electrons. The number of aryl methyl sites for hydroxylation is 1. The maximum Gasteiger partial charge on any atom is 0.414 e. The van der Waals surface area contributed by atoms with Crippen molar-refractivity contribution < 1.29 is 14.3 Å². The molecular weight excluding hydrogens is 418 g/mol. The summed E-state index contributed by atoms with van der Waals surface area (Å²) in [6.07, 6.45) is 7.91. The van der Waals surface area contributed by atoms with E-state index >= 15 is 0 Å². The molecule has 0 spiro atoms. The molecule has 1 aromatic carbocycles. The fourth-order valence-electron chi connectivity index (χ4n) is 3.88. The molecule has 2 unspecified atom stereocenters. The van der Waals surface area contributed by atoms with Gasteiger partial charge in [0.2, 0.25) is 0 Å². The summed E-state index contributed by atoms with van der Waals surface area (Å²) in [6, 6.07) is 8.87. The van der Waals surface area contributed by atoms with Crippen LogP contribution >= 0.6 is 0 Å². The molecule has 0 bridgehead atoms. The maximum absolute atomic E-state index is 13.2. The summed E-state index contributed by atoms with van der Waals surface area (Å²) in [4.78, 5) is 40.3. The third kappa shape index (κ3) is 5.00. The van der Waals surface area contributed by atoms with E-state index in [2.05, 4.69) is 27.2 Å². The number of benzene rings is 1. The van der Waals surface area contributed by atoms with Crippen LogP contribution < -0.4 is 10.2 Å². The van der Waals surface area contributed by atoms with Gasteiger partial charge in [0.05, 0.1) is 29.7 Å². The Hall–Kier alpha value is -3.81. The average Bonchev–Trinajstić information content (AvgIpc) is 3.20. The first-order valence-electron chi connectivity index (χ1n) is 11.1. The summed E-state index contributed by atoms with van der Waals surface area (Å²) in [5.41, 5.74) is 4.21. The first-order valence-corrected chi connectivity index (χ1v) is 11.1. The molecule has 1 saturated heterocycles.